The van der Waals surface area contributed by atoms with Gasteiger partial charge in [0.25, 0.3) is 0 Å². The SMILES string of the molecule is CC[SiH]1Cc2ccccc2C1. The summed E-state index contributed by atoms with van der Waals surface area (Å²) >= 11 is 0. The second-order valence-electron chi connectivity index (χ2n) is 3.45. The van der Waals surface area contributed by atoms with Gasteiger partial charge in [0.05, 0.1) is 0 Å². The molecule has 0 spiro atoms. The fraction of sp³-hybridized carbons (Fsp3) is 0.400. The number of hydrogen-bond acceptors (Lipinski definition) is 0. The van der Waals surface area contributed by atoms with Crippen molar-refractivity contribution < 1.29 is 0 Å². The van der Waals surface area contributed by atoms with Crippen LogP contribution in [-0.4, -0.2) is 8.80 Å². The van der Waals surface area contributed by atoms with Gasteiger partial charge >= 0.3 is 0 Å². The van der Waals surface area contributed by atoms with Gasteiger partial charge in [-0.25, -0.2) is 0 Å². The van der Waals surface area contributed by atoms with Crippen LogP contribution in [0.25, 0.3) is 0 Å². The van der Waals surface area contributed by atoms with Gasteiger partial charge in [-0.3, -0.25) is 0 Å². The zero-order chi connectivity index (χ0) is 7.68. The lowest BCUT2D eigenvalue weighted by Crippen LogP contribution is -2.10. The highest BCUT2D eigenvalue weighted by Crippen LogP contribution is 2.22. The van der Waals surface area contributed by atoms with Crippen molar-refractivity contribution in [3.05, 3.63) is 35.4 Å². The summed E-state index contributed by atoms with van der Waals surface area (Å²) in [6.45, 7) is 2.35. The molecule has 58 valence electrons. The Bertz CT molecular complexity index is 230. The van der Waals surface area contributed by atoms with Crippen molar-refractivity contribution in [3.8, 4) is 0 Å². The Balaban J connectivity index is 2.27. The van der Waals surface area contributed by atoms with Gasteiger partial charge in [0.1, 0.15) is 0 Å². The van der Waals surface area contributed by atoms with Crippen molar-refractivity contribution in [1.82, 2.24) is 0 Å². The molecule has 0 saturated carbocycles. The van der Waals surface area contributed by atoms with Gasteiger partial charge in [0.15, 0.2) is 0 Å². The van der Waals surface area contributed by atoms with Crippen molar-refractivity contribution in [3.63, 3.8) is 0 Å². The molecule has 1 aliphatic rings. The van der Waals surface area contributed by atoms with Gasteiger partial charge < -0.3 is 0 Å². The molecule has 1 heteroatoms. The maximum absolute atomic E-state index is 2.35. The van der Waals surface area contributed by atoms with Crippen molar-refractivity contribution in [2.45, 2.75) is 25.1 Å². The monoisotopic (exact) mass is 162 g/mol. The normalized spacial score (nSPS) is 16.8. The first-order valence-electron chi connectivity index (χ1n) is 4.47. The van der Waals surface area contributed by atoms with E-state index in [0.717, 1.165) is 0 Å². The van der Waals surface area contributed by atoms with E-state index >= 15 is 0 Å². The molecule has 0 N–H and O–H groups in total. The van der Waals surface area contributed by atoms with E-state index < -0.39 is 0 Å². The molecule has 0 nitrogen and oxygen atoms in total. The van der Waals surface area contributed by atoms with E-state index in [-0.39, 0.29) is 8.80 Å². The van der Waals surface area contributed by atoms with Crippen LogP contribution < -0.4 is 0 Å². The molecule has 0 amide bonds. The minimum Gasteiger partial charge on any atom is -0.0680 e. The van der Waals surface area contributed by atoms with Crippen molar-refractivity contribution >= 4 is 8.80 Å². The summed E-state index contributed by atoms with van der Waals surface area (Å²) in [5, 5.41) is 0. The molecule has 1 heterocycles. The van der Waals surface area contributed by atoms with Crippen LogP contribution in [0.1, 0.15) is 18.1 Å². The molecule has 0 atom stereocenters. The Morgan fingerprint density at radius 3 is 2.18 bits per heavy atom. The quantitative estimate of drug-likeness (QED) is 0.555. The third kappa shape index (κ3) is 1.25. The predicted molar refractivity (Wildman–Crippen MR) is 51.5 cm³/mol. The summed E-state index contributed by atoms with van der Waals surface area (Å²) in [6.07, 6.45) is 0. The highest BCUT2D eigenvalue weighted by molar-refractivity contribution is 6.58. The number of benzene rings is 1. The molecule has 0 fully saturated rings. The first-order chi connectivity index (χ1) is 5.40. The Hall–Kier alpha value is -0.563. The Morgan fingerprint density at radius 2 is 1.73 bits per heavy atom. The molecule has 0 aliphatic carbocycles. The topological polar surface area (TPSA) is 0 Å². The second kappa shape index (κ2) is 2.82. The van der Waals surface area contributed by atoms with E-state index in [9.17, 15) is 0 Å². The summed E-state index contributed by atoms with van der Waals surface area (Å²) in [6, 6.07) is 13.3. The van der Waals surface area contributed by atoms with E-state index in [2.05, 4.69) is 31.2 Å². The lowest BCUT2D eigenvalue weighted by molar-refractivity contribution is 1.32. The second-order valence-corrected chi connectivity index (χ2v) is 6.82. The van der Waals surface area contributed by atoms with E-state index in [4.69, 9.17) is 0 Å². The highest BCUT2D eigenvalue weighted by Gasteiger charge is 2.19. The maximum atomic E-state index is 2.35. The molecule has 0 radical (unpaired) electrons. The molecule has 2 rings (SSSR count). The van der Waals surface area contributed by atoms with Gasteiger partial charge in [0, 0.05) is 8.80 Å². The molecular weight excluding hydrogens is 148 g/mol. The van der Waals surface area contributed by atoms with Gasteiger partial charge in [0.2, 0.25) is 0 Å². The molecule has 1 aliphatic heterocycles. The van der Waals surface area contributed by atoms with Crippen molar-refractivity contribution in [2.24, 2.45) is 0 Å². The van der Waals surface area contributed by atoms with Crippen LogP contribution in [0.2, 0.25) is 6.04 Å². The van der Waals surface area contributed by atoms with Gasteiger partial charge in [-0.05, 0) is 23.2 Å². The molecule has 0 aromatic heterocycles. The third-order valence-corrected chi connectivity index (χ3v) is 5.90. The molecule has 1 aromatic rings. The van der Waals surface area contributed by atoms with E-state index in [1.807, 2.05) is 0 Å². The molecule has 0 bridgehead atoms. The Morgan fingerprint density at radius 1 is 1.18 bits per heavy atom. The zero-order valence-electron chi connectivity index (χ0n) is 7.01. The molecule has 0 saturated heterocycles. The van der Waals surface area contributed by atoms with Crippen molar-refractivity contribution in [1.29, 1.82) is 0 Å². The van der Waals surface area contributed by atoms with Gasteiger partial charge in [-0.1, -0.05) is 37.2 Å². The first kappa shape index (κ1) is 7.11. The minimum atomic E-state index is -0.348. The lowest BCUT2D eigenvalue weighted by atomic mass is 10.1. The standard InChI is InChI=1S/C10H14Si/c1-2-11-7-9-5-3-4-6-10(9)8-11/h3-6,11H,2,7-8H2,1H3. The van der Waals surface area contributed by atoms with Crippen LogP contribution in [0.4, 0.5) is 0 Å². The largest absolute Gasteiger partial charge is 0.0680 e. The van der Waals surface area contributed by atoms with Crippen LogP contribution in [0, 0.1) is 0 Å². The maximum Gasteiger partial charge on any atom is 0.0455 e. The van der Waals surface area contributed by atoms with E-state index in [0.29, 0.717) is 0 Å². The van der Waals surface area contributed by atoms with E-state index in [1.165, 1.54) is 18.1 Å². The Kier molecular flexibility index (Phi) is 1.82. The minimum absolute atomic E-state index is 0.348. The van der Waals surface area contributed by atoms with Crippen LogP contribution in [0.3, 0.4) is 0 Å². The molecule has 0 unspecified atom stereocenters. The highest BCUT2D eigenvalue weighted by atomic mass is 28.3. The average molecular weight is 162 g/mol. The summed E-state index contributed by atoms with van der Waals surface area (Å²) in [7, 11) is -0.348. The average Bonchev–Trinajstić information content (AvgIpc) is 2.46. The summed E-state index contributed by atoms with van der Waals surface area (Å²) in [5.41, 5.74) is 3.29. The lowest BCUT2D eigenvalue weighted by Gasteiger charge is -1.98. The summed E-state index contributed by atoms with van der Waals surface area (Å²) < 4.78 is 0. The van der Waals surface area contributed by atoms with Gasteiger partial charge in [-0.2, -0.15) is 0 Å². The van der Waals surface area contributed by atoms with Crippen LogP contribution in [0.15, 0.2) is 24.3 Å². The fourth-order valence-electron chi connectivity index (χ4n) is 1.94. The van der Waals surface area contributed by atoms with Crippen LogP contribution in [-0.2, 0) is 12.1 Å². The summed E-state index contributed by atoms with van der Waals surface area (Å²) in [4.78, 5) is 0. The number of rotatable bonds is 1. The fourth-order valence-corrected chi connectivity index (χ4v) is 4.70. The van der Waals surface area contributed by atoms with Crippen molar-refractivity contribution in [2.75, 3.05) is 0 Å². The zero-order valence-corrected chi connectivity index (χ0v) is 8.16. The molecular formula is C10H14Si. The molecule has 1 aromatic carbocycles. The first-order valence-corrected chi connectivity index (χ1v) is 6.92. The Labute approximate surface area is 69.9 Å². The summed E-state index contributed by atoms with van der Waals surface area (Å²) in [5.74, 6) is 0. The van der Waals surface area contributed by atoms with E-state index in [1.54, 1.807) is 11.1 Å². The number of hydrogen-bond donors (Lipinski definition) is 0. The number of fused-ring (bicyclic) bond motifs is 1. The molecule has 11 heavy (non-hydrogen) atoms. The predicted octanol–water partition coefficient (Wildman–Crippen LogP) is 2.11. The van der Waals surface area contributed by atoms with Crippen LogP contribution in [0.5, 0.6) is 0 Å². The smallest absolute Gasteiger partial charge is 0.0455 e. The third-order valence-electron chi connectivity index (χ3n) is 2.71. The van der Waals surface area contributed by atoms with Gasteiger partial charge in [-0.15, -0.1) is 0 Å². The van der Waals surface area contributed by atoms with Crippen LogP contribution >= 0.6 is 0 Å².